The van der Waals surface area contributed by atoms with Crippen LogP contribution in [-0.2, 0) is 4.79 Å². The third-order valence-electron chi connectivity index (χ3n) is 3.93. The zero-order valence-corrected chi connectivity index (χ0v) is 11.9. The number of hydrogen-bond donors (Lipinski definition) is 2. The van der Waals surface area contributed by atoms with Crippen LogP contribution in [0.3, 0.4) is 0 Å². The summed E-state index contributed by atoms with van der Waals surface area (Å²) >= 11 is 0. The predicted molar refractivity (Wildman–Crippen MR) is 75.3 cm³/mol. The standard InChI is InChI=1S/C14H27N3O/c1-5-12(10-18)17(13-8-6-7-9-13)14(16-4)11(2)15-3/h10,12-16H,2,5-9H2,1,3-4H3. The number of hydrogen-bond acceptors (Lipinski definition) is 4. The van der Waals surface area contributed by atoms with Crippen LogP contribution < -0.4 is 10.6 Å². The molecule has 2 unspecified atom stereocenters. The van der Waals surface area contributed by atoms with Gasteiger partial charge in [-0.1, -0.05) is 26.3 Å². The van der Waals surface area contributed by atoms with Crippen LogP contribution >= 0.6 is 0 Å². The molecule has 0 heterocycles. The van der Waals surface area contributed by atoms with Gasteiger partial charge in [0.25, 0.3) is 0 Å². The van der Waals surface area contributed by atoms with Gasteiger partial charge in [-0.3, -0.25) is 10.2 Å². The van der Waals surface area contributed by atoms with E-state index < -0.39 is 0 Å². The van der Waals surface area contributed by atoms with Gasteiger partial charge >= 0.3 is 0 Å². The molecule has 0 radical (unpaired) electrons. The Morgan fingerprint density at radius 1 is 1.44 bits per heavy atom. The average Bonchev–Trinajstić information content (AvgIpc) is 2.92. The van der Waals surface area contributed by atoms with Gasteiger partial charge in [0.05, 0.1) is 6.04 Å². The lowest BCUT2D eigenvalue weighted by Crippen LogP contribution is -2.56. The van der Waals surface area contributed by atoms with Crippen LogP contribution in [0.5, 0.6) is 0 Å². The van der Waals surface area contributed by atoms with Crippen molar-refractivity contribution in [3.05, 3.63) is 12.3 Å². The Morgan fingerprint density at radius 3 is 2.44 bits per heavy atom. The first-order valence-corrected chi connectivity index (χ1v) is 6.96. The van der Waals surface area contributed by atoms with E-state index in [1.165, 1.54) is 25.7 Å². The maximum Gasteiger partial charge on any atom is 0.137 e. The normalized spacial score (nSPS) is 19.8. The number of carbonyl (C=O) groups is 1. The average molecular weight is 253 g/mol. The van der Waals surface area contributed by atoms with Gasteiger partial charge < -0.3 is 10.1 Å². The summed E-state index contributed by atoms with van der Waals surface area (Å²) in [6.07, 6.45) is 6.82. The SMILES string of the molecule is C=C(NC)C(NC)N(C(C=O)CC)C1CCCC1. The largest absolute Gasteiger partial charge is 0.390 e. The minimum absolute atomic E-state index is 0.0215. The molecule has 0 bridgehead atoms. The second-order valence-corrected chi connectivity index (χ2v) is 4.96. The highest BCUT2D eigenvalue weighted by atomic mass is 16.1. The summed E-state index contributed by atoms with van der Waals surface area (Å²) in [7, 11) is 3.80. The lowest BCUT2D eigenvalue weighted by atomic mass is 10.1. The number of aldehydes is 1. The zero-order chi connectivity index (χ0) is 13.5. The molecule has 0 spiro atoms. The first-order valence-electron chi connectivity index (χ1n) is 6.96. The number of likely N-dealkylation sites (N-methyl/N-ethyl adjacent to an activating group) is 2. The van der Waals surface area contributed by atoms with Crippen LogP contribution in [-0.4, -0.2) is 43.5 Å². The Balaban J connectivity index is 2.92. The summed E-state index contributed by atoms with van der Waals surface area (Å²) in [5, 5.41) is 6.39. The second kappa shape index (κ2) is 7.54. The van der Waals surface area contributed by atoms with Gasteiger partial charge in [0.2, 0.25) is 0 Å². The van der Waals surface area contributed by atoms with Gasteiger partial charge in [-0.05, 0) is 26.3 Å². The van der Waals surface area contributed by atoms with Gasteiger partial charge in [0.1, 0.15) is 12.5 Å². The highest BCUT2D eigenvalue weighted by Crippen LogP contribution is 2.28. The summed E-state index contributed by atoms with van der Waals surface area (Å²) in [5.74, 6) is 0. The lowest BCUT2D eigenvalue weighted by molar-refractivity contribution is -0.114. The van der Waals surface area contributed by atoms with E-state index in [2.05, 4.69) is 29.0 Å². The Labute approximate surface area is 111 Å². The summed E-state index contributed by atoms with van der Waals surface area (Å²) in [5.41, 5.74) is 0.921. The molecule has 4 nitrogen and oxygen atoms in total. The van der Waals surface area contributed by atoms with E-state index in [0.717, 1.165) is 18.4 Å². The molecule has 2 N–H and O–H groups in total. The molecular weight excluding hydrogens is 226 g/mol. The Hall–Kier alpha value is -0.870. The fourth-order valence-corrected chi connectivity index (χ4v) is 2.89. The molecule has 0 amide bonds. The molecule has 1 aliphatic carbocycles. The lowest BCUT2D eigenvalue weighted by Gasteiger charge is -2.40. The van der Waals surface area contributed by atoms with Crippen molar-refractivity contribution in [3.63, 3.8) is 0 Å². The number of carbonyl (C=O) groups excluding carboxylic acids is 1. The van der Waals surface area contributed by atoms with Crippen molar-refractivity contribution >= 4 is 6.29 Å². The van der Waals surface area contributed by atoms with Crippen molar-refractivity contribution in [2.45, 2.75) is 57.3 Å². The molecule has 104 valence electrons. The molecule has 1 aliphatic rings. The number of rotatable bonds is 8. The Kier molecular flexibility index (Phi) is 6.36. The Bertz CT molecular complexity index is 274. The molecule has 0 saturated heterocycles. The fraction of sp³-hybridized carbons (Fsp3) is 0.786. The van der Waals surface area contributed by atoms with E-state index >= 15 is 0 Å². The summed E-state index contributed by atoms with van der Waals surface area (Å²) in [6, 6.07) is 0.457. The van der Waals surface area contributed by atoms with Gasteiger partial charge in [-0.25, -0.2) is 0 Å². The van der Waals surface area contributed by atoms with E-state index in [4.69, 9.17) is 0 Å². The van der Waals surface area contributed by atoms with E-state index in [1.54, 1.807) is 0 Å². The molecule has 1 saturated carbocycles. The third kappa shape index (κ3) is 3.33. The molecule has 0 aromatic rings. The third-order valence-corrected chi connectivity index (χ3v) is 3.93. The van der Waals surface area contributed by atoms with Crippen LogP contribution in [0.25, 0.3) is 0 Å². The quantitative estimate of drug-likeness (QED) is 0.508. The molecule has 4 heteroatoms. The van der Waals surface area contributed by atoms with Crippen LogP contribution in [0, 0.1) is 0 Å². The second-order valence-electron chi connectivity index (χ2n) is 4.96. The number of nitrogens with one attached hydrogen (secondary N) is 2. The van der Waals surface area contributed by atoms with Crippen molar-refractivity contribution < 1.29 is 4.79 Å². The van der Waals surface area contributed by atoms with Gasteiger partial charge in [-0.2, -0.15) is 0 Å². The maximum absolute atomic E-state index is 11.3. The highest BCUT2D eigenvalue weighted by Gasteiger charge is 2.33. The summed E-state index contributed by atoms with van der Waals surface area (Å²) < 4.78 is 0. The van der Waals surface area contributed by atoms with Crippen molar-refractivity contribution in [1.82, 2.24) is 15.5 Å². The monoisotopic (exact) mass is 253 g/mol. The summed E-state index contributed by atoms with van der Waals surface area (Å²) in [4.78, 5) is 13.7. The van der Waals surface area contributed by atoms with Crippen molar-refractivity contribution in [3.8, 4) is 0 Å². The Morgan fingerprint density at radius 2 is 2.06 bits per heavy atom. The zero-order valence-electron chi connectivity index (χ0n) is 11.9. The van der Waals surface area contributed by atoms with Crippen molar-refractivity contribution in [2.75, 3.05) is 14.1 Å². The molecule has 0 aromatic heterocycles. The van der Waals surface area contributed by atoms with Crippen LogP contribution in [0.4, 0.5) is 0 Å². The molecular formula is C14H27N3O. The van der Waals surface area contributed by atoms with Crippen molar-refractivity contribution in [2.24, 2.45) is 0 Å². The van der Waals surface area contributed by atoms with Crippen molar-refractivity contribution in [1.29, 1.82) is 0 Å². The van der Waals surface area contributed by atoms with Crippen LogP contribution in [0.2, 0.25) is 0 Å². The molecule has 18 heavy (non-hydrogen) atoms. The first-order chi connectivity index (χ1) is 8.69. The van der Waals surface area contributed by atoms with Gasteiger partial charge in [0, 0.05) is 18.8 Å². The molecule has 1 rings (SSSR count). The molecule has 2 atom stereocenters. The summed E-state index contributed by atoms with van der Waals surface area (Å²) in [6.45, 7) is 6.12. The fourth-order valence-electron chi connectivity index (χ4n) is 2.89. The van der Waals surface area contributed by atoms with Gasteiger partial charge in [0.15, 0.2) is 0 Å². The maximum atomic E-state index is 11.3. The van der Waals surface area contributed by atoms with E-state index in [-0.39, 0.29) is 12.2 Å². The highest BCUT2D eigenvalue weighted by molar-refractivity contribution is 5.57. The van der Waals surface area contributed by atoms with E-state index in [9.17, 15) is 4.79 Å². The molecule has 0 aromatic carbocycles. The minimum Gasteiger partial charge on any atom is -0.390 e. The predicted octanol–water partition coefficient (Wildman–Crippen LogP) is 1.49. The van der Waals surface area contributed by atoms with E-state index in [0.29, 0.717) is 6.04 Å². The molecule has 1 fully saturated rings. The van der Waals surface area contributed by atoms with Crippen LogP contribution in [0.15, 0.2) is 12.3 Å². The smallest absolute Gasteiger partial charge is 0.137 e. The molecule has 0 aliphatic heterocycles. The van der Waals surface area contributed by atoms with Gasteiger partial charge in [-0.15, -0.1) is 0 Å². The number of nitrogens with zero attached hydrogens (tertiary/aromatic N) is 1. The van der Waals surface area contributed by atoms with E-state index in [1.807, 2.05) is 14.1 Å². The first kappa shape index (κ1) is 15.2. The minimum atomic E-state index is -0.0318. The van der Waals surface area contributed by atoms with Crippen LogP contribution in [0.1, 0.15) is 39.0 Å². The topological polar surface area (TPSA) is 44.4 Å².